The number of methoxy groups -OCH3 is 2. The second kappa shape index (κ2) is 9.72. The Morgan fingerprint density at radius 2 is 2.07 bits per heavy atom. The molecule has 2 saturated heterocycles. The number of imide groups is 1. The minimum Gasteiger partial charge on any atom is -0.493 e. The zero-order valence-electron chi connectivity index (χ0n) is 16.7. The zero-order chi connectivity index (χ0) is 21.7. The maximum absolute atomic E-state index is 12.1. The van der Waals surface area contributed by atoms with E-state index >= 15 is 0 Å². The molecule has 1 unspecified atom stereocenters. The number of nitrogens with one attached hydrogen (secondary N) is 3. The summed E-state index contributed by atoms with van der Waals surface area (Å²) in [6.07, 6.45) is 1.43. The van der Waals surface area contributed by atoms with Gasteiger partial charge in [0.25, 0.3) is 11.1 Å². The number of nitrogens with zero attached hydrogens (tertiary/aromatic N) is 1. The van der Waals surface area contributed by atoms with Crippen LogP contribution in [0.1, 0.15) is 12.0 Å². The number of hydrogen-bond donors (Lipinski definition) is 4. The Kier molecular flexibility index (Phi) is 7.06. The van der Waals surface area contributed by atoms with E-state index in [2.05, 4.69) is 20.9 Å². The third-order valence-corrected chi connectivity index (χ3v) is 5.69. The van der Waals surface area contributed by atoms with E-state index in [-0.39, 0.29) is 17.5 Å². The number of carbonyl (C=O) groups is 3. The van der Waals surface area contributed by atoms with Crippen LogP contribution in [0.2, 0.25) is 0 Å². The molecule has 0 saturated carbocycles. The lowest BCUT2D eigenvalue weighted by Crippen LogP contribution is -2.42. The topological polar surface area (TPSA) is 129 Å². The highest BCUT2D eigenvalue weighted by atomic mass is 32.2. The van der Waals surface area contributed by atoms with Gasteiger partial charge >= 0.3 is 6.09 Å². The molecule has 1 aromatic carbocycles. The summed E-state index contributed by atoms with van der Waals surface area (Å²) in [5.41, 5.74) is 1.43. The van der Waals surface area contributed by atoms with E-state index in [0.717, 1.165) is 37.0 Å². The van der Waals surface area contributed by atoms with Gasteiger partial charge in [0.1, 0.15) is 0 Å². The van der Waals surface area contributed by atoms with Gasteiger partial charge in [0.05, 0.1) is 19.1 Å². The lowest BCUT2D eigenvalue weighted by Gasteiger charge is -2.32. The van der Waals surface area contributed by atoms with E-state index in [4.69, 9.17) is 14.6 Å². The van der Waals surface area contributed by atoms with E-state index in [1.165, 1.54) is 14.2 Å². The molecule has 2 aliphatic rings. The monoisotopic (exact) mass is 436 g/mol. The molecule has 10 nitrogen and oxygen atoms in total. The van der Waals surface area contributed by atoms with Crippen molar-refractivity contribution in [1.82, 2.24) is 16.0 Å². The summed E-state index contributed by atoms with van der Waals surface area (Å²) in [7, 11) is 3.05. The number of thioether (sulfide) groups is 1. The summed E-state index contributed by atoms with van der Waals surface area (Å²) in [5, 5.41) is 16.5. The van der Waals surface area contributed by atoms with Crippen molar-refractivity contribution in [3.63, 3.8) is 0 Å². The van der Waals surface area contributed by atoms with Crippen LogP contribution in [0.5, 0.6) is 11.5 Å². The van der Waals surface area contributed by atoms with Gasteiger partial charge in [-0.05, 0) is 36.9 Å². The average Bonchev–Trinajstić information content (AvgIpc) is 3.34. The Labute approximate surface area is 178 Å². The third kappa shape index (κ3) is 4.97. The highest BCUT2D eigenvalue weighted by molar-refractivity contribution is 8.18. The summed E-state index contributed by atoms with van der Waals surface area (Å²) < 4.78 is 10.9. The van der Waals surface area contributed by atoms with Gasteiger partial charge in [0, 0.05) is 43.0 Å². The van der Waals surface area contributed by atoms with Crippen molar-refractivity contribution in [2.75, 3.05) is 45.3 Å². The molecule has 3 rings (SSSR count). The first-order valence-corrected chi connectivity index (χ1v) is 10.2. The first-order valence-electron chi connectivity index (χ1n) is 9.38. The van der Waals surface area contributed by atoms with Crippen LogP contribution in [0.3, 0.4) is 0 Å². The Hall–Kier alpha value is -2.92. The van der Waals surface area contributed by atoms with Gasteiger partial charge in [-0.15, -0.1) is 0 Å². The predicted molar refractivity (Wildman–Crippen MR) is 113 cm³/mol. The summed E-state index contributed by atoms with van der Waals surface area (Å²) in [6, 6.07) is 3.68. The van der Waals surface area contributed by atoms with E-state index in [1.807, 2.05) is 6.07 Å². The van der Waals surface area contributed by atoms with Crippen LogP contribution < -0.4 is 30.3 Å². The van der Waals surface area contributed by atoms with Crippen molar-refractivity contribution < 1.29 is 29.0 Å². The molecule has 0 aromatic heterocycles. The molecule has 162 valence electrons. The molecular weight excluding hydrogens is 412 g/mol. The standard InChI is InChI=1S/C19H24N4O6S/c1-28-14-7-11(8-16-17(24)22-19(27)30-16)13(9-15(14)29-2)23(6-5-21-18(25)26)12-3-4-20-10-12/h7-9,12,20-21H,3-6,10H2,1-2H3,(H,25,26)(H,22,24,27). The van der Waals surface area contributed by atoms with Crippen LogP contribution in [-0.2, 0) is 4.79 Å². The number of anilines is 1. The molecule has 11 heteroatoms. The largest absolute Gasteiger partial charge is 0.493 e. The number of carboxylic acid groups (broad SMARTS) is 1. The molecule has 3 amide bonds. The van der Waals surface area contributed by atoms with Gasteiger partial charge in [0.15, 0.2) is 11.5 Å². The van der Waals surface area contributed by atoms with Crippen LogP contribution in [-0.4, -0.2) is 68.8 Å². The number of benzene rings is 1. The molecule has 30 heavy (non-hydrogen) atoms. The number of carbonyl (C=O) groups excluding carboxylic acids is 2. The Balaban J connectivity index is 2.05. The van der Waals surface area contributed by atoms with E-state index in [9.17, 15) is 14.4 Å². The van der Waals surface area contributed by atoms with Crippen molar-refractivity contribution in [2.45, 2.75) is 12.5 Å². The maximum atomic E-state index is 12.1. The molecule has 0 spiro atoms. The Morgan fingerprint density at radius 1 is 1.33 bits per heavy atom. The normalized spacial score (nSPS) is 19.7. The van der Waals surface area contributed by atoms with Crippen molar-refractivity contribution >= 4 is 40.8 Å². The summed E-state index contributed by atoms with van der Waals surface area (Å²) in [6.45, 7) is 2.24. The zero-order valence-corrected chi connectivity index (χ0v) is 17.5. The van der Waals surface area contributed by atoms with E-state index in [0.29, 0.717) is 23.6 Å². The fraction of sp³-hybridized carbons (Fsp3) is 0.421. The van der Waals surface area contributed by atoms with Crippen LogP contribution in [0.15, 0.2) is 17.0 Å². The molecule has 2 aliphatic heterocycles. The third-order valence-electron chi connectivity index (χ3n) is 4.87. The van der Waals surface area contributed by atoms with Gasteiger partial charge in [-0.1, -0.05) is 0 Å². The van der Waals surface area contributed by atoms with Gasteiger partial charge in [-0.3, -0.25) is 14.9 Å². The number of hydrogen-bond acceptors (Lipinski definition) is 8. The van der Waals surface area contributed by atoms with E-state index < -0.39 is 17.2 Å². The van der Waals surface area contributed by atoms with Gasteiger partial charge in [-0.25, -0.2) is 4.79 Å². The van der Waals surface area contributed by atoms with Gasteiger partial charge < -0.3 is 30.1 Å². The molecule has 1 atom stereocenters. The number of rotatable bonds is 8. The molecule has 0 bridgehead atoms. The minimum atomic E-state index is -1.09. The first kappa shape index (κ1) is 21.8. The fourth-order valence-electron chi connectivity index (χ4n) is 3.50. The molecular formula is C19H24N4O6S. The quantitative estimate of drug-likeness (QED) is 0.448. The highest BCUT2D eigenvalue weighted by Gasteiger charge is 2.28. The lowest BCUT2D eigenvalue weighted by molar-refractivity contribution is -0.115. The second-order valence-corrected chi connectivity index (χ2v) is 7.70. The number of ether oxygens (including phenoxy) is 2. The Morgan fingerprint density at radius 3 is 2.63 bits per heavy atom. The van der Waals surface area contributed by atoms with Crippen molar-refractivity contribution in [3.05, 3.63) is 22.6 Å². The minimum absolute atomic E-state index is 0.127. The molecule has 2 heterocycles. The van der Waals surface area contributed by atoms with Gasteiger partial charge in [0.2, 0.25) is 0 Å². The van der Waals surface area contributed by atoms with Gasteiger partial charge in [-0.2, -0.15) is 0 Å². The predicted octanol–water partition coefficient (Wildman–Crippen LogP) is 1.46. The fourth-order valence-corrected chi connectivity index (χ4v) is 4.17. The smallest absolute Gasteiger partial charge is 0.404 e. The van der Waals surface area contributed by atoms with Crippen LogP contribution in [0.4, 0.5) is 15.3 Å². The SMILES string of the molecule is COc1cc(C=C2SC(=O)NC2=O)c(N(CCNC(=O)O)C2CCNC2)cc1OC. The maximum Gasteiger partial charge on any atom is 0.404 e. The molecule has 2 fully saturated rings. The lowest BCUT2D eigenvalue weighted by atomic mass is 10.1. The molecule has 0 aliphatic carbocycles. The Bertz CT molecular complexity index is 869. The average molecular weight is 436 g/mol. The van der Waals surface area contributed by atoms with Crippen LogP contribution in [0, 0.1) is 0 Å². The van der Waals surface area contributed by atoms with Crippen LogP contribution >= 0.6 is 11.8 Å². The number of amides is 3. The molecule has 4 N–H and O–H groups in total. The summed E-state index contributed by atoms with van der Waals surface area (Å²) in [4.78, 5) is 36.9. The van der Waals surface area contributed by atoms with Crippen molar-refractivity contribution in [2.24, 2.45) is 0 Å². The van der Waals surface area contributed by atoms with Crippen LogP contribution in [0.25, 0.3) is 6.08 Å². The summed E-state index contributed by atoms with van der Waals surface area (Å²) in [5.74, 6) is 0.541. The molecule has 0 radical (unpaired) electrons. The second-order valence-electron chi connectivity index (χ2n) is 6.69. The van der Waals surface area contributed by atoms with Crippen molar-refractivity contribution in [1.29, 1.82) is 0 Å². The van der Waals surface area contributed by atoms with Crippen molar-refractivity contribution in [3.8, 4) is 11.5 Å². The molecule has 1 aromatic rings. The van der Waals surface area contributed by atoms with E-state index in [1.54, 1.807) is 12.1 Å². The highest BCUT2D eigenvalue weighted by Crippen LogP contribution is 2.39. The first-order chi connectivity index (χ1) is 14.4. The summed E-state index contributed by atoms with van der Waals surface area (Å²) >= 11 is 0.835.